The smallest absolute Gasteiger partial charge is 0.304 e. The Balaban J connectivity index is 2.35. The summed E-state index contributed by atoms with van der Waals surface area (Å²) in [6, 6.07) is 1.47. The third-order valence-electron chi connectivity index (χ3n) is 3.03. The highest BCUT2D eigenvalue weighted by Crippen LogP contribution is 2.41. The summed E-state index contributed by atoms with van der Waals surface area (Å²) in [4.78, 5) is 13.3. The van der Waals surface area contributed by atoms with E-state index in [9.17, 15) is 15.2 Å². The van der Waals surface area contributed by atoms with Gasteiger partial charge in [0.2, 0.25) is 0 Å². The number of rotatable bonds is 3. The van der Waals surface area contributed by atoms with Crippen LogP contribution in [0.2, 0.25) is 0 Å². The fourth-order valence-electron chi connectivity index (χ4n) is 2.14. The van der Waals surface area contributed by atoms with E-state index in [1.807, 2.05) is 18.7 Å². The summed E-state index contributed by atoms with van der Waals surface area (Å²) in [5.41, 5.74) is -0.250. The van der Waals surface area contributed by atoms with Crippen molar-refractivity contribution in [2.75, 3.05) is 24.6 Å². The Bertz CT molecular complexity index is 484. The number of hydrogen-bond donors (Lipinski definition) is 1. The molecule has 2 heterocycles. The Hall–Kier alpha value is -1.18. The molecule has 1 aromatic heterocycles. The van der Waals surface area contributed by atoms with Crippen molar-refractivity contribution in [2.24, 2.45) is 0 Å². The zero-order chi connectivity index (χ0) is 14.2. The molecule has 2 rings (SSSR count). The van der Waals surface area contributed by atoms with E-state index in [1.54, 1.807) is 6.92 Å². The molecule has 1 atom stereocenters. The molecule has 1 N–H and O–H groups in total. The average Bonchev–Trinajstić information content (AvgIpc) is 2.72. The van der Waals surface area contributed by atoms with Crippen molar-refractivity contribution in [2.45, 2.75) is 32.5 Å². The van der Waals surface area contributed by atoms with Gasteiger partial charge in [0.1, 0.15) is 0 Å². The lowest BCUT2D eigenvalue weighted by Crippen LogP contribution is -2.48. The number of aliphatic hydroxyl groups is 1. The monoisotopic (exact) mass is 286 g/mol. The van der Waals surface area contributed by atoms with Crippen LogP contribution in [0.1, 0.15) is 31.8 Å². The minimum atomic E-state index is -0.688. The fourth-order valence-corrected chi connectivity index (χ4v) is 3.23. The van der Waals surface area contributed by atoms with Gasteiger partial charge in [-0.05, 0) is 20.8 Å². The summed E-state index contributed by atoms with van der Waals surface area (Å²) in [6.45, 7) is 7.33. The maximum absolute atomic E-state index is 11.1. The molecule has 0 unspecified atom stereocenters. The van der Waals surface area contributed by atoms with Gasteiger partial charge in [0.15, 0.2) is 5.00 Å². The molecule has 6 nitrogen and oxygen atoms in total. The summed E-state index contributed by atoms with van der Waals surface area (Å²) in [5, 5.41) is 21.3. The van der Waals surface area contributed by atoms with Crippen LogP contribution in [0.25, 0.3) is 0 Å². The van der Waals surface area contributed by atoms with Gasteiger partial charge in [0, 0.05) is 24.0 Å². The average molecular weight is 286 g/mol. The van der Waals surface area contributed by atoms with Gasteiger partial charge in [0.05, 0.1) is 23.2 Å². The molecule has 106 valence electrons. The van der Waals surface area contributed by atoms with Crippen molar-refractivity contribution in [3.05, 3.63) is 21.1 Å². The molecule has 1 aliphatic rings. The third kappa shape index (κ3) is 3.05. The molecule has 1 aromatic rings. The topological polar surface area (TPSA) is 75.8 Å². The Morgan fingerprint density at radius 3 is 2.84 bits per heavy atom. The SMILES string of the molecule is C[C@@H](O)c1cc([N+](=O)[O-])c(N2CCOC(C)(C)C2)s1. The van der Waals surface area contributed by atoms with Gasteiger partial charge in [-0.25, -0.2) is 0 Å². The molecule has 1 fully saturated rings. The van der Waals surface area contributed by atoms with Crippen LogP contribution >= 0.6 is 11.3 Å². The van der Waals surface area contributed by atoms with Crippen molar-refractivity contribution in [1.82, 2.24) is 0 Å². The van der Waals surface area contributed by atoms with Gasteiger partial charge in [-0.15, -0.1) is 11.3 Å². The van der Waals surface area contributed by atoms with Crippen LogP contribution in [0.15, 0.2) is 6.07 Å². The van der Waals surface area contributed by atoms with Gasteiger partial charge in [-0.1, -0.05) is 0 Å². The van der Waals surface area contributed by atoms with E-state index < -0.39 is 6.10 Å². The second kappa shape index (κ2) is 5.07. The Labute approximate surface area is 115 Å². The van der Waals surface area contributed by atoms with E-state index in [1.165, 1.54) is 17.4 Å². The molecule has 0 bridgehead atoms. The van der Waals surface area contributed by atoms with E-state index in [-0.39, 0.29) is 16.2 Å². The molecule has 0 aliphatic carbocycles. The number of ether oxygens (including phenoxy) is 1. The summed E-state index contributed by atoms with van der Waals surface area (Å²) in [5.74, 6) is 0. The highest BCUT2D eigenvalue weighted by molar-refractivity contribution is 7.16. The van der Waals surface area contributed by atoms with Crippen LogP contribution in [-0.2, 0) is 4.74 Å². The molecule has 19 heavy (non-hydrogen) atoms. The molecule has 0 saturated carbocycles. The van der Waals surface area contributed by atoms with E-state index in [0.717, 1.165) is 0 Å². The first-order valence-electron chi connectivity index (χ1n) is 6.15. The summed E-state index contributed by atoms with van der Waals surface area (Å²) >= 11 is 1.28. The van der Waals surface area contributed by atoms with Gasteiger partial charge >= 0.3 is 5.69 Å². The first kappa shape index (κ1) is 14.2. The van der Waals surface area contributed by atoms with Gasteiger partial charge < -0.3 is 14.7 Å². The fraction of sp³-hybridized carbons (Fsp3) is 0.667. The summed E-state index contributed by atoms with van der Waals surface area (Å²) in [6.07, 6.45) is -0.688. The van der Waals surface area contributed by atoms with Crippen LogP contribution < -0.4 is 4.90 Å². The summed E-state index contributed by atoms with van der Waals surface area (Å²) < 4.78 is 5.62. The lowest BCUT2D eigenvalue weighted by Gasteiger charge is -2.38. The van der Waals surface area contributed by atoms with Gasteiger partial charge in [-0.2, -0.15) is 0 Å². The summed E-state index contributed by atoms with van der Waals surface area (Å²) in [7, 11) is 0. The van der Waals surface area contributed by atoms with Crippen molar-refractivity contribution in [3.63, 3.8) is 0 Å². The lowest BCUT2D eigenvalue weighted by molar-refractivity contribution is -0.383. The van der Waals surface area contributed by atoms with Crippen LogP contribution in [-0.4, -0.2) is 35.3 Å². The van der Waals surface area contributed by atoms with E-state index in [2.05, 4.69) is 0 Å². The maximum atomic E-state index is 11.1. The zero-order valence-electron chi connectivity index (χ0n) is 11.3. The molecular weight excluding hydrogens is 268 g/mol. The van der Waals surface area contributed by atoms with Gasteiger partial charge in [-0.3, -0.25) is 10.1 Å². The number of anilines is 1. The van der Waals surface area contributed by atoms with Crippen LogP contribution in [0.5, 0.6) is 0 Å². The van der Waals surface area contributed by atoms with Crippen molar-refractivity contribution in [1.29, 1.82) is 0 Å². The highest BCUT2D eigenvalue weighted by Gasteiger charge is 2.32. The number of aliphatic hydroxyl groups excluding tert-OH is 1. The Morgan fingerprint density at radius 2 is 2.32 bits per heavy atom. The van der Waals surface area contributed by atoms with E-state index in [4.69, 9.17) is 4.74 Å². The first-order chi connectivity index (χ1) is 8.80. The standard InChI is InChI=1S/C12H18N2O4S/c1-8(15)10-6-9(14(16)17)11(19-10)13-4-5-18-12(2,3)7-13/h6,8,15H,4-5,7H2,1-3H3/t8-/m1/s1. The molecule has 0 spiro atoms. The first-order valence-corrected chi connectivity index (χ1v) is 6.97. The van der Waals surface area contributed by atoms with Crippen LogP contribution in [0.4, 0.5) is 10.7 Å². The predicted octanol–water partition coefficient (Wildman–Crippen LogP) is 2.32. The van der Waals surface area contributed by atoms with Crippen LogP contribution in [0, 0.1) is 10.1 Å². The Morgan fingerprint density at radius 1 is 1.63 bits per heavy atom. The second-order valence-corrected chi connectivity index (χ2v) is 6.36. The van der Waals surface area contributed by atoms with Crippen LogP contribution in [0.3, 0.4) is 0 Å². The molecule has 1 aliphatic heterocycles. The lowest BCUT2D eigenvalue weighted by atomic mass is 10.1. The molecule has 7 heteroatoms. The number of hydrogen-bond acceptors (Lipinski definition) is 6. The van der Waals surface area contributed by atoms with Crippen molar-refractivity contribution in [3.8, 4) is 0 Å². The maximum Gasteiger partial charge on any atom is 0.304 e. The third-order valence-corrected chi connectivity index (χ3v) is 4.39. The van der Waals surface area contributed by atoms with Crippen molar-refractivity contribution < 1.29 is 14.8 Å². The van der Waals surface area contributed by atoms with Crippen molar-refractivity contribution >= 4 is 22.0 Å². The molecule has 0 aromatic carbocycles. The van der Waals surface area contributed by atoms with E-state index in [0.29, 0.717) is 29.6 Å². The van der Waals surface area contributed by atoms with E-state index >= 15 is 0 Å². The minimum Gasteiger partial charge on any atom is -0.388 e. The number of nitro groups is 1. The number of morpholine rings is 1. The predicted molar refractivity (Wildman–Crippen MR) is 73.9 cm³/mol. The molecule has 1 saturated heterocycles. The zero-order valence-corrected chi connectivity index (χ0v) is 12.1. The molecule has 0 radical (unpaired) electrons. The number of nitrogens with zero attached hydrogens (tertiary/aromatic N) is 2. The Kier molecular flexibility index (Phi) is 3.80. The molecular formula is C12H18N2O4S. The molecule has 0 amide bonds. The minimum absolute atomic E-state index is 0.0681. The second-order valence-electron chi connectivity index (χ2n) is 5.30. The quantitative estimate of drug-likeness (QED) is 0.681. The number of thiophene rings is 1. The van der Waals surface area contributed by atoms with Gasteiger partial charge in [0.25, 0.3) is 0 Å². The normalized spacial score (nSPS) is 20.3. The highest BCUT2D eigenvalue weighted by atomic mass is 32.1. The largest absolute Gasteiger partial charge is 0.388 e.